The first kappa shape index (κ1) is 21.3. The van der Waals surface area contributed by atoms with Crippen molar-refractivity contribution in [2.75, 3.05) is 6.61 Å². The summed E-state index contributed by atoms with van der Waals surface area (Å²) in [5.74, 6) is 3.13. The first-order chi connectivity index (χ1) is 13.9. The number of allylic oxidation sites excluding steroid dienone is 2. The second-order valence-electron chi connectivity index (χ2n) is 11.1. The lowest BCUT2D eigenvalue weighted by molar-refractivity contribution is -0.127. The van der Waals surface area contributed by atoms with E-state index in [1.54, 1.807) is 5.57 Å². The Morgan fingerprint density at radius 3 is 2.76 bits per heavy atom. The molecule has 4 aliphatic carbocycles. The van der Waals surface area contributed by atoms with Gasteiger partial charge in [-0.15, -0.1) is 6.58 Å². The Balaban J connectivity index is 1.43. The summed E-state index contributed by atoms with van der Waals surface area (Å²) in [6.45, 7) is 11.6. The molecule has 7 atom stereocenters. The predicted molar refractivity (Wildman–Crippen MR) is 120 cm³/mol. The largest absolute Gasteiger partial charge is 0.378 e. The van der Waals surface area contributed by atoms with Crippen molar-refractivity contribution >= 4 is 5.78 Å². The minimum atomic E-state index is 0.264. The molecule has 0 aromatic rings. The van der Waals surface area contributed by atoms with Crippen LogP contribution in [0.4, 0.5) is 0 Å². The third kappa shape index (κ3) is 3.68. The Kier molecular flexibility index (Phi) is 6.13. The number of fused-ring (bicyclic) bond motifs is 5. The minimum Gasteiger partial charge on any atom is -0.378 e. The van der Waals surface area contributed by atoms with Gasteiger partial charge in [0.15, 0.2) is 0 Å². The summed E-state index contributed by atoms with van der Waals surface area (Å²) in [4.78, 5) is 12.3. The number of Topliss-reactive ketones (excluding diaryl/α,β-unsaturated/α-hetero) is 1. The van der Waals surface area contributed by atoms with Crippen LogP contribution >= 0.6 is 0 Å². The van der Waals surface area contributed by atoms with Crippen LogP contribution in [0, 0.1) is 34.5 Å². The van der Waals surface area contributed by atoms with Crippen LogP contribution in [0.2, 0.25) is 0 Å². The number of ether oxygens (including phenoxy) is 1. The van der Waals surface area contributed by atoms with Crippen LogP contribution < -0.4 is 0 Å². The lowest BCUT2D eigenvalue weighted by Gasteiger charge is -2.58. The first-order valence-corrected chi connectivity index (χ1v) is 12.3. The van der Waals surface area contributed by atoms with Gasteiger partial charge >= 0.3 is 0 Å². The molecule has 0 spiro atoms. The fourth-order valence-electron chi connectivity index (χ4n) is 8.08. The normalized spacial score (nSPS) is 43.7. The maximum Gasteiger partial charge on any atom is 0.133 e. The third-order valence-electron chi connectivity index (χ3n) is 9.71. The van der Waals surface area contributed by atoms with E-state index in [9.17, 15) is 4.79 Å². The quantitative estimate of drug-likeness (QED) is 0.344. The predicted octanol–water partition coefficient (Wildman–Crippen LogP) is 6.90. The van der Waals surface area contributed by atoms with Crippen LogP contribution in [0.25, 0.3) is 0 Å². The van der Waals surface area contributed by atoms with E-state index in [1.807, 2.05) is 13.0 Å². The molecule has 4 rings (SSSR count). The Labute approximate surface area is 178 Å². The molecule has 0 amide bonds. The first-order valence-electron chi connectivity index (χ1n) is 12.3. The standard InChI is InChI=1S/C27H42O2/c1-5-6-7-8-17-29-21-13-15-26(3)20(18-21)9-10-22-24-12-11-23(19(2)28)27(24,4)16-14-25(22)26/h5,9,21-25H,1,6-8,10-18H2,2-4H3/t21-,22-,23+,24-,25-,26-,27+/m0/s1. The number of unbranched alkanes of at least 4 members (excludes halogenated alkanes) is 2. The summed E-state index contributed by atoms with van der Waals surface area (Å²) in [5, 5.41) is 0. The summed E-state index contributed by atoms with van der Waals surface area (Å²) in [7, 11) is 0. The van der Waals surface area contributed by atoms with Crippen molar-refractivity contribution < 1.29 is 9.53 Å². The molecule has 0 aromatic heterocycles. The van der Waals surface area contributed by atoms with E-state index in [-0.39, 0.29) is 5.41 Å². The smallest absolute Gasteiger partial charge is 0.133 e. The molecule has 0 aromatic carbocycles. The third-order valence-corrected chi connectivity index (χ3v) is 9.71. The van der Waals surface area contributed by atoms with Crippen molar-refractivity contribution in [3.8, 4) is 0 Å². The lowest BCUT2D eigenvalue weighted by Crippen LogP contribution is -2.51. The molecule has 0 saturated heterocycles. The molecule has 0 N–H and O–H groups in total. The Morgan fingerprint density at radius 1 is 1.17 bits per heavy atom. The van der Waals surface area contributed by atoms with Gasteiger partial charge in [0.1, 0.15) is 5.78 Å². The molecule has 0 radical (unpaired) electrons. The number of carbonyl (C=O) groups excluding carboxylic acids is 1. The average molecular weight is 399 g/mol. The van der Waals surface area contributed by atoms with Gasteiger partial charge in [-0.25, -0.2) is 0 Å². The minimum absolute atomic E-state index is 0.264. The molecule has 0 aliphatic heterocycles. The maximum absolute atomic E-state index is 12.3. The van der Waals surface area contributed by atoms with E-state index in [0.29, 0.717) is 23.2 Å². The summed E-state index contributed by atoms with van der Waals surface area (Å²) in [6.07, 6.45) is 18.4. The number of carbonyl (C=O) groups is 1. The van der Waals surface area contributed by atoms with Gasteiger partial charge in [0.05, 0.1) is 6.10 Å². The molecule has 0 unspecified atom stereocenters. The van der Waals surface area contributed by atoms with Gasteiger partial charge < -0.3 is 4.74 Å². The zero-order valence-corrected chi connectivity index (χ0v) is 19.1. The topological polar surface area (TPSA) is 26.3 Å². The van der Waals surface area contributed by atoms with E-state index in [4.69, 9.17) is 4.74 Å². The monoisotopic (exact) mass is 398 g/mol. The molecule has 2 nitrogen and oxygen atoms in total. The highest BCUT2D eigenvalue weighted by Crippen LogP contribution is 2.66. The Hall–Kier alpha value is -0.890. The van der Waals surface area contributed by atoms with Gasteiger partial charge in [-0.3, -0.25) is 4.79 Å². The molecule has 162 valence electrons. The fraction of sp³-hybridized carbons (Fsp3) is 0.815. The lowest BCUT2D eigenvalue weighted by atomic mass is 9.47. The van der Waals surface area contributed by atoms with Crippen LogP contribution in [-0.4, -0.2) is 18.5 Å². The number of hydrogen-bond donors (Lipinski definition) is 0. The van der Waals surface area contributed by atoms with Crippen molar-refractivity contribution in [2.24, 2.45) is 34.5 Å². The Bertz CT molecular complexity index is 663. The molecular formula is C27H42O2. The van der Waals surface area contributed by atoms with Crippen molar-refractivity contribution in [3.63, 3.8) is 0 Å². The molecule has 29 heavy (non-hydrogen) atoms. The summed E-state index contributed by atoms with van der Waals surface area (Å²) >= 11 is 0. The van der Waals surface area contributed by atoms with E-state index >= 15 is 0 Å². The van der Waals surface area contributed by atoms with E-state index in [0.717, 1.165) is 50.0 Å². The zero-order chi connectivity index (χ0) is 20.6. The number of rotatable bonds is 7. The number of hydrogen-bond acceptors (Lipinski definition) is 2. The van der Waals surface area contributed by atoms with Crippen molar-refractivity contribution in [1.82, 2.24) is 0 Å². The van der Waals surface area contributed by atoms with Crippen LogP contribution in [0.1, 0.15) is 91.4 Å². The molecule has 0 bridgehead atoms. The second kappa shape index (κ2) is 8.33. The average Bonchev–Trinajstić information content (AvgIpc) is 3.05. The van der Waals surface area contributed by atoms with Gasteiger partial charge in [-0.05, 0) is 106 Å². The summed E-state index contributed by atoms with van der Waals surface area (Å²) in [6, 6.07) is 0. The van der Waals surface area contributed by atoms with Crippen LogP contribution in [0.15, 0.2) is 24.3 Å². The van der Waals surface area contributed by atoms with Gasteiger partial charge in [0.25, 0.3) is 0 Å². The second-order valence-corrected chi connectivity index (χ2v) is 11.1. The number of ketones is 1. The fourth-order valence-corrected chi connectivity index (χ4v) is 8.08. The SMILES string of the molecule is C=CCCCCO[C@H]1CC[C@@]2(C)C(=CC[C@H]3[C@@H]4CC[C@H](C(C)=O)[C@@]4(C)CC[C@@H]32)C1. The summed E-state index contributed by atoms with van der Waals surface area (Å²) < 4.78 is 6.27. The van der Waals surface area contributed by atoms with Gasteiger partial charge in [-0.1, -0.05) is 31.6 Å². The van der Waals surface area contributed by atoms with Gasteiger partial charge in [-0.2, -0.15) is 0 Å². The maximum atomic E-state index is 12.3. The van der Waals surface area contributed by atoms with E-state index in [2.05, 4.69) is 26.5 Å². The van der Waals surface area contributed by atoms with Crippen LogP contribution in [0.3, 0.4) is 0 Å². The molecule has 0 heterocycles. The highest BCUT2D eigenvalue weighted by Gasteiger charge is 2.59. The zero-order valence-electron chi connectivity index (χ0n) is 19.1. The summed E-state index contributed by atoms with van der Waals surface area (Å²) in [5.41, 5.74) is 2.34. The molecule has 3 saturated carbocycles. The highest BCUT2D eigenvalue weighted by atomic mass is 16.5. The molecule has 2 heteroatoms. The van der Waals surface area contributed by atoms with E-state index in [1.165, 1.54) is 44.9 Å². The van der Waals surface area contributed by atoms with Crippen molar-refractivity contribution in [1.29, 1.82) is 0 Å². The Morgan fingerprint density at radius 2 is 2.00 bits per heavy atom. The molecule has 3 fully saturated rings. The van der Waals surface area contributed by atoms with Crippen LogP contribution in [0.5, 0.6) is 0 Å². The van der Waals surface area contributed by atoms with Gasteiger partial charge in [0.2, 0.25) is 0 Å². The van der Waals surface area contributed by atoms with Crippen LogP contribution in [-0.2, 0) is 9.53 Å². The molecule has 4 aliphatic rings. The van der Waals surface area contributed by atoms with Gasteiger partial charge in [0, 0.05) is 12.5 Å². The van der Waals surface area contributed by atoms with Crippen molar-refractivity contribution in [3.05, 3.63) is 24.3 Å². The van der Waals surface area contributed by atoms with E-state index < -0.39 is 0 Å². The molecular weight excluding hydrogens is 356 g/mol. The highest BCUT2D eigenvalue weighted by molar-refractivity contribution is 5.79. The van der Waals surface area contributed by atoms with Crippen molar-refractivity contribution in [2.45, 2.75) is 97.5 Å².